The van der Waals surface area contributed by atoms with Crippen LogP contribution in [0.4, 0.5) is 0 Å². The Morgan fingerprint density at radius 1 is 1.21 bits per heavy atom. The molecule has 0 aromatic carbocycles. The van der Waals surface area contributed by atoms with E-state index < -0.39 is 0 Å². The molecule has 0 aliphatic rings. The largest absolute Gasteiger partial charge is 0.396 e. The van der Waals surface area contributed by atoms with Crippen LogP contribution in [0.1, 0.15) is 19.3 Å². The van der Waals surface area contributed by atoms with Crippen LogP contribution in [-0.2, 0) is 0 Å². The van der Waals surface area contributed by atoms with Gasteiger partial charge in [-0.3, -0.25) is 0 Å². The molecule has 0 fully saturated rings. The van der Waals surface area contributed by atoms with Crippen LogP contribution in [0.3, 0.4) is 0 Å². The van der Waals surface area contributed by atoms with Crippen LogP contribution in [0.15, 0.2) is 8.68 Å². The zero-order valence-corrected chi connectivity index (χ0v) is 10.6. The molecular formula is C8H14N2OS3. The van der Waals surface area contributed by atoms with Crippen molar-refractivity contribution in [3.05, 3.63) is 0 Å². The Labute approximate surface area is 96.7 Å². The summed E-state index contributed by atoms with van der Waals surface area (Å²) >= 11 is 5.04. The predicted molar refractivity (Wildman–Crippen MR) is 63.4 cm³/mol. The van der Waals surface area contributed by atoms with Gasteiger partial charge in [0.2, 0.25) is 0 Å². The molecule has 1 aromatic rings. The van der Waals surface area contributed by atoms with Crippen molar-refractivity contribution in [2.45, 2.75) is 27.9 Å². The highest BCUT2D eigenvalue weighted by Gasteiger charge is 2.02. The summed E-state index contributed by atoms with van der Waals surface area (Å²) in [6.07, 6.45) is 5.15. The number of aromatic nitrogens is 2. The smallest absolute Gasteiger partial charge is 0.175 e. The van der Waals surface area contributed by atoms with E-state index in [1.165, 1.54) is 0 Å². The molecule has 1 N–H and O–H groups in total. The number of aliphatic hydroxyl groups is 1. The predicted octanol–water partition coefficient (Wildman–Crippen LogP) is 2.51. The summed E-state index contributed by atoms with van der Waals surface area (Å²) in [5.74, 6) is 1.07. The zero-order chi connectivity index (χ0) is 10.2. The quantitative estimate of drug-likeness (QED) is 0.595. The molecular weight excluding hydrogens is 236 g/mol. The number of thioether (sulfide) groups is 2. The third kappa shape index (κ3) is 4.63. The number of hydrogen-bond donors (Lipinski definition) is 1. The third-order valence-corrected chi connectivity index (χ3v) is 4.71. The molecule has 0 aliphatic heterocycles. The van der Waals surface area contributed by atoms with E-state index in [0.29, 0.717) is 6.61 Å². The molecule has 1 aromatic heterocycles. The lowest BCUT2D eigenvalue weighted by atomic mass is 10.3. The van der Waals surface area contributed by atoms with E-state index in [1.807, 2.05) is 6.26 Å². The lowest BCUT2D eigenvalue weighted by molar-refractivity contribution is 0.284. The molecule has 0 unspecified atom stereocenters. The van der Waals surface area contributed by atoms with E-state index in [9.17, 15) is 0 Å². The number of unbranched alkanes of at least 4 members (excludes halogenated alkanes) is 2. The summed E-state index contributed by atoms with van der Waals surface area (Å²) in [5.41, 5.74) is 0. The number of nitrogens with zero attached hydrogens (tertiary/aromatic N) is 2. The van der Waals surface area contributed by atoms with Gasteiger partial charge in [0, 0.05) is 12.4 Å². The van der Waals surface area contributed by atoms with Gasteiger partial charge in [-0.1, -0.05) is 41.3 Å². The topological polar surface area (TPSA) is 46.0 Å². The molecule has 6 heteroatoms. The zero-order valence-electron chi connectivity index (χ0n) is 8.10. The first kappa shape index (κ1) is 12.3. The summed E-state index contributed by atoms with van der Waals surface area (Å²) in [4.78, 5) is 0. The third-order valence-electron chi connectivity index (χ3n) is 1.59. The van der Waals surface area contributed by atoms with Crippen LogP contribution in [0.5, 0.6) is 0 Å². The van der Waals surface area contributed by atoms with Crippen molar-refractivity contribution >= 4 is 34.9 Å². The van der Waals surface area contributed by atoms with Gasteiger partial charge in [-0.25, -0.2) is 0 Å². The van der Waals surface area contributed by atoms with Gasteiger partial charge in [-0.05, 0) is 19.1 Å². The average molecular weight is 250 g/mol. The Hall–Kier alpha value is 0.220. The molecule has 0 saturated carbocycles. The van der Waals surface area contributed by atoms with E-state index >= 15 is 0 Å². The monoisotopic (exact) mass is 250 g/mol. The Morgan fingerprint density at radius 2 is 2.00 bits per heavy atom. The fourth-order valence-corrected chi connectivity index (χ4v) is 3.40. The van der Waals surface area contributed by atoms with Crippen molar-refractivity contribution in [3.8, 4) is 0 Å². The van der Waals surface area contributed by atoms with Crippen molar-refractivity contribution in [1.82, 2.24) is 10.2 Å². The Kier molecular flexibility index (Phi) is 6.59. The molecule has 0 saturated heterocycles. The fourth-order valence-electron chi connectivity index (χ4n) is 0.888. The van der Waals surface area contributed by atoms with Crippen LogP contribution in [-0.4, -0.2) is 33.9 Å². The van der Waals surface area contributed by atoms with E-state index in [1.54, 1.807) is 34.9 Å². The molecule has 0 radical (unpaired) electrons. The van der Waals surface area contributed by atoms with Crippen molar-refractivity contribution < 1.29 is 5.11 Å². The van der Waals surface area contributed by atoms with E-state index in [2.05, 4.69) is 10.2 Å². The highest BCUT2D eigenvalue weighted by Crippen LogP contribution is 2.27. The molecule has 0 spiro atoms. The minimum atomic E-state index is 0.306. The first-order valence-electron chi connectivity index (χ1n) is 4.48. The molecule has 0 aliphatic carbocycles. The van der Waals surface area contributed by atoms with Gasteiger partial charge in [0.15, 0.2) is 8.68 Å². The molecule has 0 amide bonds. The average Bonchev–Trinajstić information content (AvgIpc) is 2.65. The molecule has 0 atom stereocenters. The second-order valence-corrected chi connectivity index (χ2v) is 6.04. The second kappa shape index (κ2) is 7.50. The first-order chi connectivity index (χ1) is 6.86. The summed E-state index contributed by atoms with van der Waals surface area (Å²) in [7, 11) is 0. The lowest BCUT2D eigenvalue weighted by Gasteiger charge is -1.95. The van der Waals surface area contributed by atoms with Crippen LogP contribution in [0.2, 0.25) is 0 Å². The highest BCUT2D eigenvalue weighted by atomic mass is 32.2. The SMILES string of the molecule is CSc1nnc(SCCCCCO)s1. The second-order valence-electron chi connectivity index (χ2n) is 2.67. The molecule has 1 heterocycles. The molecule has 1 rings (SSSR count). The maximum Gasteiger partial charge on any atom is 0.175 e. The van der Waals surface area contributed by atoms with Gasteiger partial charge >= 0.3 is 0 Å². The lowest BCUT2D eigenvalue weighted by Crippen LogP contribution is -1.85. The van der Waals surface area contributed by atoms with Gasteiger partial charge < -0.3 is 5.11 Å². The number of rotatable bonds is 7. The van der Waals surface area contributed by atoms with Gasteiger partial charge in [-0.15, -0.1) is 10.2 Å². The van der Waals surface area contributed by atoms with Crippen LogP contribution in [0.25, 0.3) is 0 Å². The Morgan fingerprint density at radius 3 is 2.64 bits per heavy atom. The van der Waals surface area contributed by atoms with Crippen LogP contribution < -0.4 is 0 Å². The molecule has 80 valence electrons. The normalized spacial score (nSPS) is 10.7. The first-order valence-corrected chi connectivity index (χ1v) is 7.50. The van der Waals surface area contributed by atoms with E-state index in [4.69, 9.17) is 5.11 Å². The van der Waals surface area contributed by atoms with Gasteiger partial charge in [0.05, 0.1) is 0 Å². The Bertz CT molecular complexity index is 254. The van der Waals surface area contributed by atoms with Crippen molar-refractivity contribution in [2.75, 3.05) is 18.6 Å². The van der Waals surface area contributed by atoms with E-state index in [0.717, 1.165) is 33.7 Å². The van der Waals surface area contributed by atoms with Gasteiger partial charge in [0.25, 0.3) is 0 Å². The van der Waals surface area contributed by atoms with Crippen molar-refractivity contribution in [3.63, 3.8) is 0 Å². The number of aliphatic hydroxyl groups excluding tert-OH is 1. The molecule has 14 heavy (non-hydrogen) atoms. The summed E-state index contributed by atoms with van der Waals surface area (Å²) in [6, 6.07) is 0. The van der Waals surface area contributed by atoms with E-state index in [-0.39, 0.29) is 0 Å². The highest BCUT2D eigenvalue weighted by molar-refractivity contribution is 8.02. The molecule has 3 nitrogen and oxygen atoms in total. The van der Waals surface area contributed by atoms with Crippen LogP contribution >= 0.6 is 34.9 Å². The summed E-state index contributed by atoms with van der Waals surface area (Å²) < 4.78 is 2.08. The number of hydrogen-bond acceptors (Lipinski definition) is 6. The minimum Gasteiger partial charge on any atom is -0.396 e. The molecule has 0 bridgehead atoms. The van der Waals surface area contributed by atoms with Gasteiger partial charge in [0.1, 0.15) is 0 Å². The maximum atomic E-state index is 8.59. The minimum absolute atomic E-state index is 0.306. The van der Waals surface area contributed by atoms with Crippen molar-refractivity contribution in [2.24, 2.45) is 0 Å². The van der Waals surface area contributed by atoms with Gasteiger partial charge in [-0.2, -0.15) is 0 Å². The summed E-state index contributed by atoms with van der Waals surface area (Å²) in [5, 5.41) is 16.7. The standard InChI is InChI=1S/C8H14N2OS3/c1-12-7-9-10-8(14-7)13-6-4-2-3-5-11/h11H,2-6H2,1H3. The van der Waals surface area contributed by atoms with Crippen molar-refractivity contribution in [1.29, 1.82) is 0 Å². The maximum absolute atomic E-state index is 8.59. The fraction of sp³-hybridized carbons (Fsp3) is 0.750. The van der Waals surface area contributed by atoms with Crippen LogP contribution in [0, 0.1) is 0 Å². The Balaban J connectivity index is 2.12. The summed E-state index contributed by atoms with van der Waals surface area (Å²) in [6.45, 7) is 0.306.